The molecule has 0 saturated heterocycles. The maximum absolute atomic E-state index is 13.0. The van der Waals surface area contributed by atoms with Crippen molar-refractivity contribution < 1.29 is 18.7 Å². The normalized spacial score (nSPS) is 10.6. The molecule has 2 aromatic carbocycles. The van der Waals surface area contributed by atoms with Crippen LogP contribution in [0.5, 0.6) is 5.75 Å². The summed E-state index contributed by atoms with van der Waals surface area (Å²) in [6.07, 6.45) is 3.33. The van der Waals surface area contributed by atoms with Crippen molar-refractivity contribution in [1.29, 1.82) is 0 Å². The fourth-order valence-corrected chi connectivity index (χ4v) is 3.86. The molecule has 2 heterocycles. The van der Waals surface area contributed by atoms with E-state index in [0.717, 1.165) is 28.8 Å². The van der Waals surface area contributed by atoms with E-state index >= 15 is 0 Å². The topological polar surface area (TPSA) is 111 Å². The van der Waals surface area contributed by atoms with Crippen LogP contribution >= 0.6 is 11.8 Å². The molecule has 0 aliphatic heterocycles. The van der Waals surface area contributed by atoms with E-state index in [2.05, 4.69) is 26.0 Å². The van der Waals surface area contributed by atoms with E-state index in [1.807, 2.05) is 47.9 Å². The standard InChI is InChI=1S/C24H21FN6O3S/c1-2-34-20-9-7-19(8-10-20)31-22(16-11-13-26-14-12-16)28-30-24(31)35-15-21(32)27-29-23(33)17-3-5-18(25)6-4-17/h3-14H,2,15H2,1H3,(H,27,32)(H,29,33). The molecule has 0 aliphatic rings. The van der Waals surface area contributed by atoms with Crippen molar-refractivity contribution >= 4 is 23.6 Å². The highest BCUT2D eigenvalue weighted by Crippen LogP contribution is 2.28. The number of benzene rings is 2. The fourth-order valence-electron chi connectivity index (χ4n) is 3.11. The smallest absolute Gasteiger partial charge is 0.269 e. The lowest BCUT2D eigenvalue weighted by atomic mass is 10.2. The van der Waals surface area contributed by atoms with Crippen LogP contribution in [0, 0.1) is 5.82 Å². The van der Waals surface area contributed by atoms with E-state index in [4.69, 9.17) is 4.74 Å². The molecule has 2 aromatic heterocycles. The first-order valence-electron chi connectivity index (χ1n) is 10.6. The van der Waals surface area contributed by atoms with Gasteiger partial charge in [0.15, 0.2) is 11.0 Å². The van der Waals surface area contributed by atoms with Crippen molar-refractivity contribution in [2.75, 3.05) is 12.4 Å². The van der Waals surface area contributed by atoms with Crippen molar-refractivity contribution in [3.05, 3.63) is 84.4 Å². The monoisotopic (exact) mass is 492 g/mol. The van der Waals surface area contributed by atoms with Crippen LogP contribution in [0.1, 0.15) is 17.3 Å². The first-order valence-corrected chi connectivity index (χ1v) is 11.6. The summed E-state index contributed by atoms with van der Waals surface area (Å²) in [6, 6.07) is 16.1. The molecule has 2 N–H and O–H groups in total. The van der Waals surface area contributed by atoms with Crippen LogP contribution in [-0.2, 0) is 4.79 Å². The van der Waals surface area contributed by atoms with Gasteiger partial charge in [0.1, 0.15) is 11.6 Å². The molecule has 0 unspecified atom stereocenters. The Kier molecular flexibility index (Phi) is 7.68. The van der Waals surface area contributed by atoms with Gasteiger partial charge in [-0.25, -0.2) is 4.39 Å². The number of thioether (sulfide) groups is 1. The zero-order chi connectivity index (χ0) is 24.6. The zero-order valence-electron chi connectivity index (χ0n) is 18.6. The third-order valence-corrected chi connectivity index (χ3v) is 5.66. The second kappa shape index (κ2) is 11.3. The fraction of sp³-hybridized carbons (Fsp3) is 0.125. The Morgan fingerprint density at radius 1 is 0.971 bits per heavy atom. The summed E-state index contributed by atoms with van der Waals surface area (Å²) < 4.78 is 20.4. The molecule has 11 heteroatoms. The quantitative estimate of drug-likeness (QED) is 0.286. The average Bonchev–Trinajstić information content (AvgIpc) is 3.31. The van der Waals surface area contributed by atoms with Crippen LogP contribution < -0.4 is 15.6 Å². The molecule has 4 rings (SSSR count). The molecular weight excluding hydrogens is 471 g/mol. The van der Waals surface area contributed by atoms with Gasteiger partial charge in [0.05, 0.1) is 12.4 Å². The van der Waals surface area contributed by atoms with Crippen LogP contribution in [0.15, 0.2) is 78.2 Å². The Morgan fingerprint density at radius 3 is 2.37 bits per heavy atom. The highest BCUT2D eigenvalue weighted by atomic mass is 32.2. The number of aromatic nitrogens is 4. The summed E-state index contributed by atoms with van der Waals surface area (Å²) in [5.41, 5.74) is 6.48. The van der Waals surface area contributed by atoms with E-state index in [0.29, 0.717) is 17.6 Å². The molecule has 4 aromatic rings. The van der Waals surface area contributed by atoms with Crippen LogP contribution in [0.3, 0.4) is 0 Å². The molecule has 0 saturated carbocycles. The number of rotatable bonds is 8. The number of carbonyl (C=O) groups is 2. The Labute approximate surface area is 204 Å². The first-order chi connectivity index (χ1) is 17.0. The molecule has 9 nitrogen and oxygen atoms in total. The van der Waals surface area contributed by atoms with Gasteiger partial charge in [-0.05, 0) is 67.6 Å². The number of hydrogen-bond donors (Lipinski definition) is 2. The zero-order valence-corrected chi connectivity index (χ0v) is 19.5. The molecule has 2 amide bonds. The SMILES string of the molecule is CCOc1ccc(-n2c(SCC(=O)NNC(=O)c3ccc(F)cc3)nnc2-c2ccncc2)cc1. The molecule has 178 valence electrons. The molecule has 0 bridgehead atoms. The van der Waals surface area contributed by atoms with E-state index in [1.54, 1.807) is 12.4 Å². The molecule has 0 aliphatic carbocycles. The second-order valence-electron chi connectivity index (χ2n) is 7.10. The summed E-state index contributed by atoms with van der Waals surface area (Å²) in [5.74, 6) is -0.165. The number of nitrogens with zero attached hydrogens (tertiary/aromatic N) is 4. The number of ether oxygens (including phenoxy) is 1. The van der Waals surface area contributed by atoms with E-state index in [-0.39, 0.29) is 11.3 Å². The molecular formula is C24H21FN6O3S. The van der Waals surface area contributed by atoms with Gasteiger partial charge in [-0.1, -0.05) is 11.8 Å². The number of nitrogens with one attached hydrogen (secondary N) is 2. The minimum absolute atomic E-state index is 0.0325. The van der Waals surface area contributed by atoms with E-state index in [9.17, 15) is 14.0 Å². The summed E-state index contributed by atoms with van der Waals surface area (Å²) in [7, 11) is 0. The maximum atomic E-state index is 13.0. The Balaban J connectivity index is 1.48. The number of carbonyl (C=O) groups excluding carboxylic acids is 2. The van der Waals surface area contributed by atoms with E-state index in [1.165, 1.54) is 24.3 Å². The van der Waals surface area contributed by atoms with Crippen molar-refractivity contribution in [2.45, 2.75) is 12.1 Å². The highest BCUT2D eigenvalue weighted by Gasteiger charge is 2.18. The van der Waals surface area contributed by atoms with Crippen molar-refractivity contribution in [2.24, 2.45) is 0 Å². The lowest BCUT2D eigenvalue weighted by Gasteiger charge is -2.12. The number of halogens is 1. The van der Waals surface area contributed by atoms with Gasteiger partial charge in [0.25, 0.3) is 5.91 Å². The van der Waals surface area contributed by atoms with Gasteiger partial charge in [-0.3, -0.25) is 30.0 Å². The number of amides is 2. The summed E-state index contributed by atoms with van der Waals surface area (Å²) in [6.45, 7) is 2.47. The van der Waals surface area contributed by atoms with Crippen LogP contribution in [0.2, 0.25) is 0 Å². The van der Waals surface area contributed by atoms with Gasteiger partial charge in [-0.15, -0.1) is 10.2 Å². The summed E-state index contributed by atoms with van der Waals surface area (Å²) in [5, 5.41) is 9.08. The van der Waals surface area contributed by atoms with Gasteiger partial charge in [0.2, 0.25) is 5.91 Å². The van der Waals surface area contributed by atoms with Gasteiger partial charge in [0, 0.05) is 29.2 Å². The average molecular weight is 493 g/mol. The molecule has 0 atom stereocenters. The highest BCUT2D eigenvalue weighted by molar-refractivity contribution is 7.99. The van der Waals surface area contributed by atoms with E-state index < -0.39 is 17.6 Å². The Hall–Kier alpha value is -4.25. The number of pyridine rings is 1. The molecule has 0 fully saturated rings. The minimum Gasteiger partial charge on any atom is -0.494 e. The third-order valence-electron chi connectivity index (χ3n) is 4.73. The molecule has 0 spiro atoms. The van der Waals surface area contributed by atoms with Crippen LogP contribution in [-0.4, -0.2) is 43.9 Å². The maximum Gasteiger partial charge on any atom is 0.269 e. The summed E-state index contributed by atoms with van der Waals surface area (Å²) in [4.78, 5) is 28.5. The predicted molar refractivity (Wildman–Crippen MR) is 128 cm³/mol. The number of hydrogen-bond acceptors (Lipinski definition) is 7. The third kappa shape index (κ3) is 6.01. The number of hydrazine groups is 1. The van der Waals surface area contributed by atoms with Gasteiger partial charge >= 0.3 is 0 Å². The van der Waals surface area contributed by atoms with Gasteiger partial charge < -0.3 is 4.74 Å². The first kappa shape index (κ1) is 23.9. The lowest BCUT2D eigenvalue weighted by molar-refractivity contribution is -0.119. The second-order valence-corrected chi connectivity index (χ2v) is 8.04. The predicted octanol–water partition coefficient (Wildman–Crippen LogP) is 3.42. The van der Waals surface area contributed by atoms with Crippen LogP contribution in [0.25, 0.3) is 17.1 Å². The van der Waals surface area contributed by atoms with Crippen molar-refractivity contribution in [1.82, 2.24) is 30.6 Å². The summed E-state index contributed by atoms with van der Waals surface area (Å²) >= 11 is 1.16. The molecule has 0 radical (unpaired) electrons. The Morgan fingerprint density at radius 2 is 1.69 bits per heavy atom. The van der Waals surface area contributed by atoms with Crippen LogP contribution in [0.4, 0.5) is 4.39 Å². The largest absolute Gasteiger partial charge is 0.494 e. The Bertz CT molecular complexity index is 1300. The molecule has 35 heavy (non-hydrogen) atoms. The van der Waals surface area contributed by atoms with Gasteiger partial charge in [-0.2, -0.15) is 0 Å². The van der Waals surface area contributed by atoms with Crippen molar-refractivity contribution in [3.63, 3.8) is 0 Å². The minimum atomic E-state index is -0.555. The lowest BCUT2D eigenvalue weighted by Crippen LogP contribution is -2.42. The van der Waals surface area contributed by atoms with Crippen molar-refractivity contribution in [3.8, 4) is 22.8 Å².